The largest absolute Gasteiger partial charge is 0.384 e. The van der Waals surface area contributed by atoms with E-state index in [9.17, 15) is 0 Å². The molecule has 0 saturated heterocycles. The summed E-state index contributed by atoms with van der Waals surface area (Å²) in [6, 6.07) is 0. The van der Waals surface area contributed by atoms with Crippen LogP contribution in [0.1, 0.15) is 13.3 Å². The van der Waals surface area contributed by atoms with E-state index >= 15 is 0 Å². The van der Waals surface area contributed by atoms with Gasteiger partial charge in [0, 0.05) is 13.5 Å². The lowest BCUT2D eigenvalue weighted by Gasteiger charge is -2.08. The highest BCUT2D eigenvalue weighted by Gasteiger charge is 2.00. The molecule has 1 atom stereocenters. The molecule has 3 nitrogen and oxygen atoms in total. The van der Waals surface area contributed by atoms with Crippen LogP contribution in [0.15, 0.2) is 12.2 Å². The third-order valence-corrected chi connectivity index (χ3v) is 1.19. The molecule has 0 rings (SSSR count). The maximum Gasteiger partial charge on any atom is 0.157 e. The molecule has 11 heavy (non-hydrogen) atoms. The Hall–Kier alpha value is -0.380. The van der Waals surface area contributed by atoms with Crippen LogP contribution in [0.2, 0.25) is 0 Å². The molecule has 66 valence electrons. The summed E-state index contributed by atoms with van der Waals surface area (Å²) < 4.78 is 9.73. The summed E-state index contributed by atoms with van der Waals surface area (Å²) >= 11 is 0. The fourth-order valence-electron chi connectivity index (χ4n) is 0.565. The summed E-state index contributed by atoms with van der Waals surface area (Å²) in [5.41, 5.74) is 0. The van der Waals surface area contributed by atoms with Gasteiger partial charge in [0.2, 0.25) is 0 Å². The molecule has 0 aromatic carbocycles. The number of allylic oxidation sites excluding steroid dienone is 1. The summed E-state index contributed by atoms with van der Waals surface area (Å²) in [4.78, 5) is 0. The molecule has 0 spiro atoms. The Kier molecular flexibility index (Phi) is 7.46. The molecule has 0 radical (unpaired) electrons. The lowest BCUT2D eigenvalue weighted by atomic mass is 10.4. The van der Waals surface area contributed by atoms with Crippen molar-refractivity contribution in [2.24, 2.45) is 0 Å². The predicted octanol–water partition coefficient (Wildman–Crippen LogP) is 0.934. The van der Waals surface area contributed by atoms with Crippen LogP contribution >= 0.6 is 0 Å². The quantitative estimate of drug-likeness (QED) is 0.464. The number of hydrogen-bond donors (Lipinski definition) is 1. The van der Waals surface area contributed by atoms with Crippen molar-refractivity contribution in [1.29, 1.82) is 0 Å². The van der Waals surface area contributed by atoms with Gasteiger partial charge in [-0.3, -0.25) is 0 Å². The van der Waals surface area contributed by atoms with Crippen LogP contribution in [-0.2, 0) is 9.47 Å². The molecule has 0 aliphatic heterocycles. The molecule has 3 heteroatoms. The van der Waals surface area contributed by atoms with E-state index < -0.39 is 6.29 Å². The Labute approximate surface area is 67.6 Å². The van der Waals surface area contributed by atoms with Gasteiger partial charge in [-0.2, -0.15) is 0 Å². The van der Waals surface area contributed by atoms with Gasteiger partial charge in [0.1, 0.15) is 0 Å². The van der Waals surface area contributed by atoms with Crippen molar-refractivity contribution in [3.8, 4) is 0 Å². The maximum atomic E-state index is 9.07. The standard InChI is InChI=1S/C8H16O3/c1-3-4-6-11-8(9)5-7-10-2/h3-4,8-9H,5-7H2,1-2H3. The van der Waals surface area contributed by atoms with Gasteiger partial charge in [-0.05, 0) is 6.92 Å². The lowest BCUT2D eigenvalue weighted by molar-refractivity contribution is -0.101. The van der Waals surface area contributed by atoms with E-state index in [2.05, 4.69) is 0 Å². The highest BCUT2D eigenvalue weighted by Crippen LogP contribution is 1.93. The first kappa shape index (κ1) is 10.6. The fourth-order valence-corrected chi connectivity index (χ4v) is 0.565. The van der Waals surface area contributed by atoms with Gasteiger partial charge in [-0.25, -0.2) is 0 Å². The van der Waals surface area contributed by atoms with Gasteiger partial charge >= 0.3 is 0 Å². The summed E-state index contributed by atoms with van der Waals surface area (Å²) in [6.45, 7) is 2.89. The molecular formula is C8H16O3. The Morgan fingerprint density at radius 1 is 1.55 bits per heavy atom. The van der Waals surface area contributed by atoms with Gasteiger partial charge in [0.25, 0.3) is 0 Å². The molecule has 0 bridgehead atoms. The summed E-state index contributed by atoms with van der Waals surface area (Å²) in [7, 11) is 1.60. The molecule has 0 saturated carbocycles. The Balaban J connectivity index is 3.15. The van der Waals surface area contributed by atoms with Crippen LogP contribution in [0.3, 0.4) is 0 Å². The van der Waals surface area contributed by atoms with Crippen molar-refractivity contribution < 1.29 is 14.6 Å². The van der Waals surface area contributed by atoms with Crippen molar-refractivity contribution in [3.05, 3.63) is 12.2 Å². The molecule has 0 heterocycles. The number of ether oxygens (including phenoxy) is 2. The van der Waals surface area contributed by atoms with E-state index in [-0.39, 0.29) is 0 Å². The van der Waals surface area contributed by atoms with Gasteiger partial charge < -0.3 is 14.6 Å². The van der Waals surface area contributed by atoms with Crippen LogP contribution in [-0.4, -0.2) is 31.7 Å². The van der Waals surface area contributed by atoms with Gasteiger partial charge in [0.05, 0.1) is 13.2 Å². The minimum absolute atomic E-state index is 0.460. The molecular weight excluding hydrogens is 144 g/mol. The zero-order valence-electron chi connectivity index (χ0n) is 7.12. The monoisotopic (exact) mass is 160 g/mol. The zero-order valence-corrected chi connectivity index (χ0v) is 7.12. The minimum Gasteiger partial charge on any atom is -0.384 e. The molecule has 0 fully saturated rings. The Morgan fingerprint density at radius 2 is 2.27 bits per heavy atom. The third kappa shape index (κ3) is 7.52. The van der Waals surface area contributed by atoms with E-state index in [0.717, 1.165) is 0 Å². The fraction of sp³-hybridized carbons (Fsp3) is 0.750. The highest BCUT2D eigenvalue weighted by molar-refractivity contribution is 4.75. The summed E-state index contributed by atoms with van der Waals surface area (Å²) in [5.74, 6) is 0. The number of rotatable bonds is 6. The zero-order chi connectivity index (χ0) is 8.53. The van der Waals surface area contributed by atoms with Crippen molar-refractivity contribution in [3.63, 3.8) is 0 Å². The first-order valence-electron chi connectivity index (χ1n) is 3.71. The normalized spacial score (nSPS) is 14.1. The van der Waals surface area contributed by atoms with E-state index in [1.165, 1.54) is 0 Å². The summed E-state index contributed by atoms with van der Waals surface area (Å²) in [6.07, 6.45) is 3.54. The molecule has 1 N–H and O–H groups in total. The van der Waals surface area contributed by atoms with Crippen molar-refractivity contribution in [2.75, 3.05) is 20.3 Å². The average Bonchev–Trinajstić information content (AvgIpc) is 2.01. The van der Waals surface area contributed by atoms with Crippen LogP contribution in [0.5, 0.6) is 0 Å². The topological polar surface area (TPSA) is 38.7 Å². The third-order valence-electron chi connectivity index (χ3n) is 1.19. The average molecular weight is 160 g/mol. The van der Waals surface area contributed by atoms with Crippen LogP contribution in [0.4, 0.5) is 0 Å². The summed E-state index contributed by atoms with van der Waals surface area (Å²) in [5, 5.41) is 9.07. The van der Waals surface area contributed by atoms with E-state index in [4.69, 9.17) is 14.6 Å². The number of aliphatic hydroxyl groups excluding tert-OH is 1. The van der Waals surface area contributed by atoms with Crippen LogP contribution in [0, 0.1) is 0 Å². The molecule has 0 amide bonds. The van der Waals surface area contributed by atoms with Crippen molar-refractivity contribution in [1.82, 2.24) is 0 Å². The lowest BCUT2D eigenvalue weighted by Crippen LogP contribution is -2.14. The second kappa shape index (κ2) is 7.72. The minimum atomic E-state index is -0.703. The second-order valence-corrected chi connectivity index (χ2v) is 2.14. The van der Waals surface area contributed by atoms with E-state index in [1.807, 2.05) is 19.1 Å². The van der Waals surface area contributed by atoms with E-state index in [0.29, 0.717) is 19.6 Å². The van der Waals surface area contributed by atoms with Gasteiger partial charge in [0.15, 0.2) is 6.29 Å². The highest BCUT2D eigenvalue weighted by atomic mass is 16.6. The smallest absolute Gasteiger partial charge is 0.157 e. The Bertz CT molecular complexity index is 102. The molecule has 0 aromatic rings. The number of hydrogen-bond acceptors (Lipinski definition) is 3. The second-order valence-electron chi connectivity index (χ2n) is 2.14. The van der Waals surface area contributed by atoms with Gasteiger partial charge in [-0.1, -0.05) is 12.2 Å². The maximum absolute atomic E-state index is 9.07. The van der Waals surface area contributed by atoms with Crippen LogP contribution < -0.4 is 0 Å². The number of methoxy groups -OCH3 is 1. The van der Waals surface area contributed by atoms with Crippen LogP contribution in [0.25, 0.3) is 0 Å². The molecule has 0 aromatic heterocycles. The first-order valence-corrected chi connectivity index (χ1v) is 3.71. The molecule has 0 aliphatic carbocycles. The molecule has 1 unspecified atom stereocenters. The first-order chi connectivity index (χ1) is 5.31. The molecule has 0 aliphatic rings. The van der Waals surface area contributed by atoms with Crippen molar-refractivity contribution in [2.45, 2.75) is 19.6 Å². The Morgan fingerprint density at radius 3 is 2.82 bits per heavy atom. The number of aliphatic hydroxyl groups is 1. The van der Waals surface area contributed by atoms with Crippen molar-refractivity contribution >= 4 is 0 Å². The predicted molar refractivity (Wildman–Crippen MR) is 43.3 cm³/mol. The van der Waals surface area contributed by atoms with Gasteiger partial charge in [-0.15, -0.1) is 0 Å². The van der Waals surface area contributed by atoms with E-state index in [1.54, 1.807) is 7.11 Å². The SMILES string of the molecule is CC=CCOC(O)CCOC.